The zero-order valence-corrected chi connectivity index (χ0v) is 6.72. The predicted octanol–water partition coefficient (Wildman–Crippen LogP) is 1.45. The first kappa shape index (κ1) is 7.57. The summed E-state index contributed by atoms with van der Waals surface area (Å²) in [5, 5.41) is 17.8. The van der Waals surface area contributed by atoms with Crippen LogP contribution in [0.1, 0.15) is 5.56 Å². The molecular formula is C7H6BrO2. The lowest BCUT2D eigenvalue weighted by molar-refractivity contribution is 0.274. The van der Waals surface area contributed by atoms with Gasteiger partial charge in [-0.3, -0.25) is 0 Å². The fourth-order valence-corrected chi connectivity index (χ4v) is 1.10. The minimum absolute atomic E-state index is 0.0909. The highest BCUT2D eigenvalue weighted by molar-refractivity contribution is 9.10. The Bertz CT molecular complexity index is 215. The van der Waals surface area contributed by atoms with Crippen LogP contribution in [0, 0.1) is 6.07 Å². The molecular weight excluding hydrogens is 196 g/mol. The molecule has 3 heteroatoms. The van der Waals surface area contributed by atoms with Gasteiger partial charge < -0.3 is 10.2 Å². The molecule has 1 aromatic carbocycles. The molecule has 0 spiro atoms. The van der Waals surface area contributed by atoms with Crippen molar-refractivity contribution in [3.8, 4) is 5.75 Å². The van der Waals surface area contributed by atoms with Gasteiger partial charge >= 0.3 is 0 Å². The maximum absolute atomic E-state index is 9.08. The van der Waals surface area contributed by atoms with Gasteiger partial charge in [0.05, 0.1) is 6.61 Å². The van der Waals surface area contributed by atoms with Crippen molar-refractivity contribution < 1.29 is 10.2 Å². The SMILES string of the molecule is OCc1c(Br)[c]ccc1O. The summed E-state index contributed by atoms with van der Waals surface area (Å²) in [6.07, 6.45) is 0. The first-order valence-corrected chi connectivity index (χ1v) is 3.54. The molecule has 0 saturated carbocycles. The van der Waals surface area contributed by atoms with E-state index in [1.807, 2.05) is 0 Å². The largest absolute Gasteiger partial charge is 0.508 e. The topological polar surface area (TPSA) is 40.5 Å². The minimum Gasteiger partial charge on any atom is -0.508 e. The number of aliphatic hydroxyl groups excluding tert-OH is 1. The first-order valence-electron chi connectivity index (χ1n) is 2.74. The average molecular weight is 202 g/mol. The molecule has 0 aliphatic heterocycles. The number of hydrogen-bond acceptors (Lipinski definition) is 2. The minimum atomic E-state index is -0.177. The predicted molar refractivity (Wildman–Crippen MR) is 40.6 cm³/mol. The monoisotopic (exact) mass is 201 g/mol. The van der Waals surface area contributed by atoms with E-state index in [0.29, 0.717) is 10.0 Å². The van der Waals surface area contributed by atoms with Gasteiger partial charge in [-0.25, -0.2) is 0 Å². The quantitative estimate of drug-likeness (QED) is 0.723. The molecule has 10 heavy (non-hydrogen) atoms. The third-order valence-electron chi connectivity index (χ3n) is 1.18. The van der Waals surface area contributed by atoms with Crippen LogP contribution >= 0.6 is 15.9 Å². The summed E-state index contributed by atoms with van der Waals surface area (Å²) in [4.78, 5) is 0. The third kappa shape index (κ3) is 1.30. The van der Waals surface area contributed by atoms with Gasteiger partial charge in [-0.05, 0) is 34.1 Å². The Kier molecular flexibility index (Phi) is 2.29. The number of benzene rings is 1. The normalized spacial score (nSPS) is 9.80. The number of phenols is 1. The van der Waals surface area contributed by atoms with Crippen LogP contribution in [0.25, 0.3) is 0 Å². The second-order valence-corrected chi connectivity index (χ2v) is 2.61. The van der Waals surface area contributed by atoms with E-state index in [4.69, 9.17) is 10.2 Å². The average Bonchev–Trinajstić information content (AvgIpc) is 1.88. The van der Waals surface area contributed by atoms with Crippen molar-refractivity contribution in [3.05, 3.63) is 28.2 Å². The summed E-state index contributed by atoms with van der Waals surface area (Å²) in [5.41, 5.74) is 0.475. The molecule has 0 atom stereocenters. The second-order valence-electron chi connectivity index (χ2n) is 1.81. The summed E-state index contributed by atoms with van der Waals surface area (Å²) >= 11 is 3.13. The van der Waals surface area contributed by atoms with E-state index in [0.717, 1.165) is 0 Å². The van der Waals surface area contributed by atoms with Crippen molar-refractivity contribution in [1.82, 2.24) is 0 Å². The van der Waals surface area contributed by atoms with E-state index in [2.05, 4.69) is 22.0 Å². The van der Waals surface area contributed by atoms with Gasteiger partial charge in [0, 0.05) is 10.0 Å². The van der Waals surface area contributed by atoms with Gasteiger partial charge in [-0.2, -0.15) is 0 Å². The zero-order chi connectivity index (χ0) is 7.56. The van der Waals surface area contributed by atoms with Crippen molar-refractivity contribution in [2.45, 2.75) is 6.61 Å². The summed E-state index contributed by atoms with van der Waals surface area (Å²) in [5.74, 6) is 0.0909. The Morgan fingerprint density at radius 1 is 1.60 bits per heavy atom. The standard InChI is InChI=1S/C7H6BrO2/c8-6-2-1-3-7(10)5(6)4-9/h1,3,9-10H,4H2. The highest BCUT2D eigenvalue weighted by atomic mass is 79.9. The molecule has 53 valence electrons. The molecule has 1 radical (unpaired) electrons. The van der Waals surface area contributed by atoms with E-state index in [1.54, 1.807) is 6.07 Å². The summed E-state index contributed by atoms with van der Waals surface area (Å²) in [7, 11) is 0. The number of rotatable bonds is 1. The van der Waals surface area contributed by atoms with E-state index in [9.17, 15) is 0 Å². The van der Waals surface area contributed by atoms with Gasteiger partial charge in [0.25, 0.3) is 0 Å². The van der Waals surface area contributed by atoms with Gasteiger partial charge in [0.1, 0.15) is 5.75 Å². The van der Waals surface area contributed by atoms with Gasteiger partial charge in [-0.1, -0.05) is 0 Å². The molecule has 0 bridgehead atoms. The van der Waals surface area contributed by atoms with Crippen molar-refractivity contribution in [3.63, 3.8) is 0 Å². The van der Waals surface area contributed by atoms with Crippen LogP contribution in [0.15, 0.2) is 16.6 Å². The fourth-order valence-electron chi connectivity index (χ4n) is 0.644. The molecule has 1 rings (SSSR count). The van der Waals surface area contributed by atoms with Crippen LogP contribution in [0.5, 0.6) is 5.75 Å². The number of halogens is 1. The molecule has 2 nitrogen and oxygen atoms in total. The Morgan fingerprint density at radius 3 is 2.70 bits per heavy atom. The molecule has 0 unspecified atom stereocenters. The Morgan fingerprint density at radius 2 is 2.30 bits per heavy atom. The lowest BCUT2D eigenvalue weighted by Gasteiger charge is -2.00. The second kappa shape index (κ2) is 3.03. The van der Waals surface area contributed by atoms with Crippen LogP contribution in [-0.4, -0.2) is 10.2 Å². The number of aliphatic hydroxyl groups is 1. The zero-order valence-electron chi connectivity index (χ0n) is 5.13. The number of hydrogen-bond donors (Lipinski definition) is 2. The molecule has 1 aromatic rings. The Labute approximate surface area is 67.3 Å². The molecule has 2 N–H and O–H groups in total. The third-order valence-corrected chi connectivity index (χ3v) is 1.89. The molecule has 0 aliphatic rings. The summed E-state index contributed by atoms with van der Waals surface area (Å²) in [6, 6.07) is 5.85. The van der Waals surface area contributed by atoms with E-state index in [1.165, 1.54) is 6.07 Å². The molecule has 0 saturated heterocycles. The maximum atomic E-state index is 9.08. The molecule has 0 aromatic heterocycles. The van der Waals surface area contributed by atoms with Gasteiger partial charge in [0.15, 0.2) is 0 Å². The van der Waals surface area contributed by atoms with E-state index >= 15 is 0 Å². The fraction of sp³-hybridized carbons (Fsp3) is 0.143. The maximum Gasteiger partial charge on any atom is 0.122 e. The molecule has 0 heterocycles. The Balaban J connectivity index is 3.17. The molecule has 0 fully saturated rings. The van der Waals surface area contributed by atoms with Crippen molar-refractivity contribution in [1.29, 1.82) is 0 Å². The van der Waals surface area contributed by atoms with Gasteiger partial charge in [0.2, 0.25) is 0 Å². The lowest BCUT2D eigenvalue weighted by Crippen LogP contribution is -1.85. The smallest absolute Gasteiger partial charge is 0.122 e. The summed E-state index contributed by atoms with van der Waals surface area (Å²) < 4.78 is 0.606. The van der Waals surface area contributed by atoms with Crippen LogP contribution in [0.4, 0.5) is 0 Å². The van der Waals surface area contributed by atoms with Crippen LogP contribution in [0.2, 0.25) is 0 Å². The van der Waals surface area contributed by atoms with Crippen LogP contribution < -0.4 is 0 Å². The van der Waals surface area contributed by atoms with Crippen LogP contribution in [0.3, 0.4) is 0 Å². The van der Waals surface area contributed by atoms with E-state index < -0.39 is 0 Å². The Hall–Kier alpha value is -0.540. The van der Waals surface area contributed by atoms with Crippen molar-refractivity contribution in [2.24, 2.45) is 0 Å². The molecule has 0 amide bonds. The first-order chi connectivity index (χ1) is 4.75. The van der Waals surface area contributed by atoms with Gasteiger partial charge in [-0.15, -0.1) is 0 Å². The van der Waals surface area contributed by atoms with Crippen molar-refractivity contribution >= 4 is 15.9 Å². The summed E-state index contributed by atoms with van der Waals surface area (Å²) in [6.45, 7) is -0.177. The van der Waals surface area contributed by atoms with Crippen molar-refractivity contribution in [2.75, 3.05) is 0 Å². The van der Waals surface area contributed by atoms with E-state index in [-0.39, 0.29) is 12.4 Å². The molecule has 0 aliphatic carbocycles. The van der Waals surface area contributed by atoms with Crippen LogP contribution in [-0.2, 0) is 6.61 Å². The highest BCUT2D eigenvalue weighted by Gasteiger charge is 2.02. The highest BCUT2D eigenvalue weighted by Crippen LogP contribution is 2.24. The number of aromatic hydroxyl groups is 1. The lowest BCUT2D eigenvalue weighted by atomic mass is 10.2.